The Labute approximate surface area is 217 Å². The second-order valence-electron chi connectivity index (χ2n) is 9.60. The van der Waals surface area contributed by atoms with Crippen LogP contribution in [0.3, 0.4) is 0 Å². The number of methoxy groups -OCH3 is 2. The van der Waals surface area contributed by atoms with Crippen LogP contribution < -0.4 is 14.4 Å². The number of carbonyl (C=O) groups excluding carboxylic acids is 1. The van der Waals surface area contributed by atoms with E-state index in [4.69, 9.17) is 14.5 Å². The third-order valence-electron chi connectivity index (χ3n) is 6.11. The van der Waals surface area contributed by atoms with E-state index in [0.717, 1.165) is 16.8 Å². The zero-order chi connectivity index (χ0) is 25.7. The number of rotatable bonds is 8. The van der Waals surface area contributed by atoms with Crippen molar-refractivity contribution in [3.63, 3.8) is 0 Å². The van der Waals surface area contributed by atoms with Crippen molar-refractivity contribution in [2.24, 2.45) is 0 Å². The number of thiazole rings is 1. The normalized spacial score (nSPS) is 11.2. The number of amides is 1. The molecule has 0 aliphatic rings. The molecule has 0 aliphatic carbocycles. The Balaban J connectivity index is 1.63. The monoisotopic (exact) mass is 500 g/mol. The molecule has 0 unspecified atom stereocenters. The highest BCUT2D eigenvalue weighted by Crippen LogP contribution is 2.31. The summed E-state index contributed by atoms with van der Waals surface area (Å²) >= 11 is 1.48. The number of ether oxygens (including phenoxy) is 2. The maximum Gasteiger partial charge on any atom is 0.260 e. The molecule has 5 nitrogen and oxygen atoms in total. The smallest absolute Gasteiger partial charge is 0.260 e. The van der Waals surface area contributed by atoms with Gasteiger partial charge in [-0.1, -0.05) is 69.3 Å². The first-order valence-corrected chi connectivity index (χ1v) is 12.8. The number of aromatic nitrogens is 1. The molecule has 6 heteroatoms. The van der Waals surface area contributed by atoms with Crippen molar-refractivity contribution in [3.05, 3.63) is 94.9 Å². The van der Waals surface area contributed by atoms with E-state index >= 15 is 0 Å². The fourth-order valence-electron chi connectivity index (χ4n) is 3.96. The Morgan fingerprint density at radius 2 is 1.61 bits per heavy atom. The van der Waals surface area contributed by atoms with E-state index in [9.17, 15) is 4.79 Å². The van der Waals surface area contributed by atoms with E-state index in [1.807, 2.05) is 78.2 Å². The molecule has 36 heavy (non-hydrogen) atoms. The number of anilines is 1. The van der Waals surface area contributed by atoms with Crippen LogP contribution in [0.15, 0.2) is 78.2 Å². The highest BCUT2D eigenvalue weighted by molar-refractivity contribution is 7.14. The first-order valence-electron chi connectivity index (χ1n) is 11.9. The SMILES string of the molecule is COc1ccc(CCN(C(=O)c2ccc(C(C)(C)C)cc2)c2nc(-c3ccccc3)cs2)cc1OC. The number of hydrogen-bond donors (Lipinski definition) is 0. The molecule has 1 heterocycles. The summed E-state index contributed by atoms with van der Waals surface area (Å²) in [5.41, 5.74) is 4.80. The lowest BCUT2D eigenvalue weighted by Crippen LogP contribution is -2.33. The van der Waals surface area contributed by atoms with Crippen molar-refractivity contribution in [1.82, 2.24) is 4.98 Å². The Kier molecular flexibility index (Phi) is 7.75. The highest BCUT2D eigenvalue weighted by Gasteiger charge is 2.22. The van der Waals surface area contributed by atoms with Gasteiger partial charge in [-0.3, -0.25) is 9.69 Å². The molecule has 1 amide bonds. The molecule has 0 N–H and O–H groups in total. The fraction of sp³-hybridized carbons (Fsp3) is 0.267. The van der Waals surface area contributed by atoms with Gasteiger partial charge < -0.3 is 9.47 Å². The molecule has 0 radical (unpaired) electrons. The van der Waals surface area contributed by atoms with Crippen molar-refractivity contribution in [2.75, 3.05) is 25.7 Å². The van der Waals surface area contributed by atoms with E-state index in [0.29, 0.717) is 35.2 Å². The van der Waals surface area contributed by atoms with E-state index in [-0.39, 0.29) is 11.3 Å². The van der Waals surface area contributed by atoms with Crippen molar-refractivity contribution in [3.8, 4) is 22.8 Å². The minimum atomic E-state index is -0.0649. The summed E-state index contributed by atoms with van der Waals surface area (Å²) < 4.78 is 10.8. The van der Waals surface area contributed by atoms with Gasteiger partial charge in [-0.2, -0.15) is 0 Å². The van der Waals surface area contributed by atoms with Gasteiger partial charge in [-0.05, 0) is 47.2 Å². The van der Waals surface area contributed by atoms with Crippen LogP contribution >= 0.6 is 11.3 Å². The summed E-state index contributed by atoms with van der Waals surface area (Å²) in [4.78, 5) is 20.4. The largest absolute Gasteiger partial charge is 0.493 e. The van der Waals surface area contributed by atoms with Crippen molar-refractivity contribution < 1.29 is 14.3 Å². The van der Waals surface area contributed by atoms with Crippen LogP contribution in [0.5, 0.6) is 11.5 Å². The average Bonchev–Trinajstić information content (AvgIpc) is 3.38. The lowest BCUT2D eigenvalue weighted by atomic mass is 9.86. The molecule has 0 fully saturated rings. The summed E-state index contributed by atoms with van der Waals surface area (Å²) in [7, 11) is 3.25. The van der Waals surface area contributed by atoms with E-state index in [1.54, 1.807) is 19.1 Å². The molecule has 3 aromatic carbocycles. The van der Waals surface area contributed by atoms with Gasteiger partial charge in [0.1, 0.15) is 0 Å². The third-order valence-corrected chi connectivity index (χ3v) is 6.97. The number of hydrogen-bond acceptors (Lipinski definition) is 5. The molecule has 186 valence electrons. The lowest BCUT2D eigenvalue weighted by Gasteiger charge is -2.22. The molecule has 4 rings (SSSR count). The second-order valence-corrected chi connectivity index (χ2v) is 10.4. The highest BCUT2D eigenvalue weighted by atomic mass is 32.1. The van der Waals surface area contributed by atoms with Gasteiger partial charge in [-0.15, -0.1) is 11.3 Å². The molecular weight excluding hydrogens is 468 g/mol. The van der Waals surface area contributed by atoms with Crippen LogP contribution in [-0.2, 0) is 11.8 Å². The Morgan fingerprint density at radius 3 is 2.25 bits per heavy atom. The summed E-state index contributed by atoms with van der Waals surface area (Å²) in [6, 6.07) is 23.8. The molecule has 1 aromatic heterocycles. The Bertz CT molecular complexity index is 1310. The average molecular weight is 501 g/mol. The second kappa shape index (κ2) is 11.0. The molecular formula is C30H32N2O3S. The Morgan fingerprint density at radius 1 is 0.917 bits per heavy atom. The first-order chi connectivity index (χ1) is 17.3. The molecule has 0 atom stereocenters. The topological polar surface area (TPSA) is 51.7 Å². The summed E-state index contributed by atoms with van der Waals surface area (Å²) in [5, 5.41) is 2.68. The first kappa shape index (κ1) is 25.5. The van der Waals surface area contributed by atoms with Gasteiger partial charge in [0.2, 0.25) is 0 Å². The number of benzene rings is 3. The van der Waals surface area contributed by atoms with Crippen molar-refractivity contribution in [2.45, 2.75) is 32.6 Å². The molecule has 0 saturated carbocycles. The van der Waals surface area contributed by atoms with E-state index < -0.39 is 0 Å². The molecule has 4 aromatic rings. The quantitative estimate of drug-likeness (QED) is 0.261. The summed E-state index contributed by atoms with van der Waals surface area (Å²) in [5.74, 6) is 1.29. The third kappa shape index (κ3) is 5.77. The van der Waals surface area contributed by atoms with Gasteiger partial charge >= 0.3 is 0 Å². The Hall–Kier alpha value is -3.64. The van der Waals surface area contributed by atoms with Gasteiger partial charge in [0.25, 0.3) is 5.91 Å². The predicted molar refractivity (Wildman–Crippen MR) is 148 cm³/mol. The van der Waals surface area contributed by atoms with Crippen LogP contribution in [0.2, 0.25) is 0 Å². The van der Waals surface area contributed by atoms with Crippen LogP contribution in [0, 0.1) is 0 Å². The zero-order valence-corrected chi connectivity index (χ0v) is 22.3. The van der Waals surface area contributed by atoms with Gasteiger partial charge in [-0.25, -0.2) is 4.98 Å². The van der Waals surface area contributed by atoms with E-state index in [2.05, 4.69) is 20.8 Å². The molecule has 0 saturated heterocycles. The van der Waals surface area contributed by atoms with Crippen molar-refractivity contribution >= 4 is 22.4 Å². The standard InChI is InChI=1S/C30H32N2O3S/c1-30(2,3)24-14-12-23(13-15-24)28(33)32(18-17-21-11-16-26(34-4)27(19-21)35-5)29-31-25(20-36-29)22-9-7-6-8-10-22/h6-16,19-20H,17-18H2,1-5H3. The minimum absolute atomic E-state index is 0.0224. The predicted octanol–water partition coefficient (Wildman–Crippen LogP) is 7.01. The van der Waals surface area contributed by atoms with E-state index in [1.165, 1.54) is 16.9 Å². The van der Waals surface area contributed by atoms with Crippen LogP contribution in [-0.4, -0.2) is 31.7 Å². The van der Waals surface area contributed by atoms with Crippen molar-refractivity contribution in [1.29, 1.82) is 0 Å². The summed E-state index contributed by atoms with van der Waals surface area (Å²) in [6.45, 7) is 6.98. The zero-order valence-electron chi connectivity index (χ0n) is 21.4. The lowest BCUT2D eigenvalue weighted by molar-refractivity contribution is 0.0987. The minimum Gasteiger partial charge on any atom is -0.493 e. The van der Waals surface area contributed by atoms with Gasteiger partial charge in [0.15, 0.2) is 16.6 Å². The maximum atomic E-state index is 13.7. The van der Waals surface area contributed by atoms with Crippen LogP contribution in [0.1, 0.15) is 42.3 Å². The van der Waals surface area contributed by atoms with Crippen LogP contribution in [0.4, 0.5) is 5.13 Å². The fourth-order valence-corrected chi connectivity index (χ4v) is 4.82. The molecule has 0 spiro atoms. The molecule has 0 bridgehead atoms. The maximum absolute atomic E-state index is 13.7. The molecule has 0 aliphatic heterocycles. The van der Waals surface area contributed by atoms with Gasteiger partial charge in [0.05, 0.1) is 19.9 Å². The number of carbonyl (C=O) groups is 1. The number of nitrogens with zero attached hydrogens (tertiary/aromatic N) is 2. The van der Waals surface area contributed by atoms with Gasteiger partial charge in [0, 0.05) is 23.1 Å². The summed E-state index contributed by atoms with van der Waals surface area (Å²) in [6.07, 6.45) is 0.645. The van der Waals surface area contributed by atoms with Crippen LogP contribution in [0.25, 0.3) is 11.3 Å².